The number of hydrogen-bond donors (Lipinski definition) is 1. The molecule has 1 fully saturated rings. The molecular formula is C19H25N3O2. The first kappa shape index (κ1) is 16.7. The predicted octanol–water partition coefficient (Wildman–Crippen LogP) is 3.13. The van der Waals surface area contributed by atoms with E-state index in [-0.39, 0.29) is 11.9 Å². The highest BCUT2D eigenvalue weighted by Crippen LogP contribution is 2.21. The zero-order chi connectivity index (χ0) is 16.9. The maximum atomic E-state index is 13.1. The largest absolute Gasteiger partial charge is 0.361 e. The molecule has 24 heavy (non-hydrogen) atoms. The highest BCUT2D eigenvalue weighted by atomic mass is 16.5. The maximum absolute atomic E-state index is 13.1. The van der Waals surface area contributed by atoms with Crippen molar-refractivity contribution < 1.29 is 9.32 Å². The molecule has 1 aliphatic rings. The summed E-state index contributed by atoms with van der Waals surface area (Å²) in [6, 6.07) is 9.60. The number of hydrogen-bond acceptors (Lipinski definition) is 4. The Labute approximate surface area is 143 Å². The molecule has 1 unspecified atom stereocenters. The van der Waals surface area contributed by atoms with Gasteiger partial charge in [-0.05, 0) is 38.7 Å². The van der Waals surface area contributed by atoms with Crippen molar-refractivity contribution in [2.75, 3.05) is 13.1 Å². The van der Waals surface area contributed by atoms with Gasteiger partial charge in [0.15, 0.2) is 0 Å². The van der Waals surface area contributed by atoms with Gasteiger partial charge < -0.3 is 9.42 Å². The van der Waals surface area contributed by atoms with Gasteiger partial charge in [-0.15, -0.1) is 0 Å². The van der Waals surface area contributed by atoms with Gasteiger partial charge in [-0.1, -0.05) is 35.5 Å². The first-order valence-corrected chi connectivity index (χ1v) is 8.65. The molecule has 2 aromatic rings. The van der Waals surface area contributed by atoms with Gasteiger partial charge in [0.2, 0.25) is 5.91 Å². The Morgan fingerprint density at radius 3 is 2.54 bits per heavy atom. The summed E-state index contributed by atoms with van der Waals surface area (Å²) in [4.78, 5) is 15.0. The van der Waals surface area contributed by atoms with Gasteiger partial charge in [0, 0.05) is 25.2 Å². The fourth-order valence-corrected chi connectivity index (χ4v) is 3.25. The average Bonchev–Trinajstić information content (AvgIpc) is 2.95. The molecule has 1 saturated heterocycles. The number of likely N-dealkylation sites (tertiary alicyclic amines) is 1. The summed E-state index contributed by atoms with van der Waals surface area (Å²) in [5.41, 5.74) is 2.90. The molecular weight excluding hydrogens is 302 g/mol. The van der Waals surface area contributed by atoms with Crippen molar-refractivity contribution in [2.45, 2.75) is 45.7 Å². The van der Waals surface area contributed by atoms with Crippen molar-refractivity contribution in [1.29, 1.82) is 0 Å². The zero-order valence-corrected chi connectivity index (χ0v) is 14.4. The van der Waals surface area contributed by atoms with Crippen LogP contribution in [0.5, 0.6) is 0 Å². The van der Waals surface area contributed by atoms with Crippen molar-refractivity contribution in [1.82, 2.24) is 15.4 Å². The molecule has 128 valence electrons. The van der Waals surface area contributed by atoms with Gasteiger partial charge in [-0.3, -0.25) is 10.1 Å². The van der Waals surface area contributed by atoms with Crippen LogP contribution in [0.3, 0.4) is 0 Å². The van der Waals surface area contributed by atoms with Gasteiger partial charge >= 0.3 is 0 Å². The van der Waals surface area contributed by atoms with E-state index in [0.717, 1.165) is 48.5 Å². The van der Waals surface area contributed by atoms with Gasteiger partial charge in [0.1, 0.15) is 11.8 Å². The molecule has 1 aromatic heterocycles. The van der Waals surface area contributed by atoms with E-state index in [4.69, 9.17) is 4.52 Å². The molecule has 0 aliphatic carbocycles. The SMILES string of the molecule is Cc1noc(C)c1CNC(C(=O)N1CCCCC1)c1ccccc1. The molecule has 5 nitrogen and oxygen atoms in total. The molecule has 3 rings (SSSR count). The minimum atomic E-state index is -0.335. The topological polar surface area (TPSA) is 58.4 Å². The molecule has 1 amide bonds. The standard InChI is InChI=1S/C19H25N3O2/c1-14-17(15(2)24-21-14)13-20-18(16-9-5-3-6-10-16)19(23)22-11-7-4-8-12-22/h3,5-6,9-10,18,20H,4,7-8,11-13H2,1-2H3. The average molecular weight is 327 g/mol. The van der Waals surface area contributed by atoms with E-state index in [1.165, 1.54) is 6.42 Å². The van der Waals surface area contributed by atoms with Crippen molar-refractivity contribution in [3.05, 3.63) is 52.9 Å². The number of rotatable bonds is 5. The van der Waals surface area contributed by atoms with Crippen LogP contribution in [0.15, 0.2) is 34.9 Å². The monoisotopic (exact) mass is 327 g/mol. The molecule has 1 N–H and O–H groups in total. The second-order valence-corrected chi connectivity index (χ2v) is 6.41. The third-order valence-electron chi connectivity index (χ3n) is 4.71. The number of carbonyl (C=O) groups excluding carboxylic acids is 1. The van der Waals surface area contributed by atoms with E-state index in [1.54, 1.807) is 0 Å². The van der Waals surface area contributed by atoms with Crippen LogP contribution in [0.2, 0.25) is 0 Å². The van der Waals surface area contributed by atoms with E-state index in [2.05, 4.69) is 10.5 Å². The minimum Gasteiger partial charge on any atom is -0.361 e. The number of benzene rings is 1. The lowest BCUT2D eigenvalue weighted by atomic mass is 10.0. The Morgan fingerprint density at radius 2 is 1.92 bits per heavy atom. The summed E-state index contributed by atoms with van der Waals surface area (Å²) >= 11 is 0. The Morgan fingerprint density at radius 1 is 1.21 bits per heavy atom. The van der Waals surface area contributed by atoms with Crippen LogP contribution < -0.4 is 5.32 Å². The predicted molar refractivity (Wildman–Crippen MR) is 92.4 cm³/mol. The minimum absolute atomic E-state index is 0.160. The van der Waals surface area contributed by atoms with Gasteiger partial charge in [-0.25, -0.2) is 0 Å². The number of carbonyl (C=O) groups is 1. The quantitative estimate of drug-likeness (QED) is 0.916. The summed E-state index contributed by atoms with van der Waals surface area (Å²) in [5, 5.41) is 7.42. The van der Waals surface area contributed by atoms with Crippen LogP contribution in [0.1, 0.15) is 47.9 Å². The maximum Gasteiger partial charge on any atom is 0.244 e. The number of aryl methyl sites for hydroxylation is 2. The van der Waals surface area contributed by atoms with Crippen LogP contribution in [0.4, 0.5) is 0 Å². The first-order chi connectivity index (χ1) is 11.7. The number of nitrogens with one attached hydrogen (secondary N) is 1. The highest BCUT2D eigenvalue weighted by Gasteiger charge is 2.27. The molecule has 5 heteroatoms. The lowest BCUT2D eigenvalue weighted by Crippen LogP contribution is -2.43. The molecule has 0 radical (unpaired) electrons. The fraction of sp³-hybridized carbons (Fsp3) is 0.474. The molecule has 0 saturated carbocycles. The van der Waals surface area contributed by atoms with E-state index in [0.29, 0.717) is 6.54 Å². The van der Waals surface area contributed by atoms with E-state index < -0.39 is 0 Å². The molecule has 2 heterocycles. The second kappa shape index (κ2) is 7.62. The van der Waals surface area contributed by atoms with Crippen molar-refractivity contribution in [2.24, 2.45) is 0 Å². The summed E-state index contributed by atoms with van der Waals surface area (Å²) in [5.74, 6) is 0.963. The molecule has 1 aliphatic heterocycles. The van der Waals surface area contributed by atoms with Crippen LogP contribution >= 0.6 is 0 Å². The number of piperidine rings is 1. The number of amides is 1. The Hall–Kier alpha value is -2.14. The summed E-state index contributed by atoms with van der Waals surface area (Å²) in [6.07, 6.45) is 3.40. The second-order valence-electron chi connectivity index (χ2n) is 6.41. The summed E-state index contributed by atoms with van der Waals surface area (Å²) in [7, 11) is 0. The summed E-state index contributed by atoms with van der Waals surface area (Å²) in [6.45, 7) is 6.11. The van der Waals surface area contributed by atoms with E-state index >= 15 is 0 Å². The van der Waals surface area contributed by atoms with Crippen LogP contribution in [-0.4, -0.2) is 29.1 Å². The highest BCUT2D eigenvalue weighted by molar-refractivity contribution is 5.83. The zero-order valence-electron chi connectivity index (χ0n) is 14.4. The Bertz CT molecular complexity index is 656. The Balaban J connectivity index is 1.78. The van der Waals surface area contributed by atoms with Crippen molar-refractivity contribution in [3.8, 4) is 0 Å². The van der Waals surface area contributed by atoms with Crippen molar-refractivity contribution in [3.63, 3.8) is 0 Å². The number of nitrogens with zero attached hydrogens (tertiary/aromatic N) is 2. The Kier molecular flexibility index (Phi) is 5.30. The lowest BCUT2D eigenvalue weighted by molar-refractivity contribution is -0.134. The van der Waals surface area contributed by atoms with Crippen LogP contribution in [0.25, 0.3) is 0 Å². The van der Waals surface area contributed by atoms with Gasteiger partial charge in [-0.2, -0.15) is 0 Å². The van der Waals surface area contributed by atoms with Crippen molar-refractivity contribution >= 4 is 5.91 Å². The fourth-order valence-electron chi connectivity index (χ4n) is 3.25. The van der Waals surface area contributed by atoms with Gasteiger partial charge in [0.25, 0.3) is 0 Å². The molecule has 1 aromatic carbocycles. The normalized spacial score (nSPS) is 16.2. The van der Waals surface area contributed by atoms with Gasteiger partial charge in [0.05, 0.1) is 5.69 Å². The lowest BCUT2D eigenvalue weighted by Gasteiger charge is -2.31. The van der Waals surface area contributed by atoms with E-state index in [9.17, 15) is 4.79 Å². The molecule has 0 bridgehead atoms. The number of aromatic nitrogens is 1. The first-order valence-electron chi connectivity index (χ1n) is 8.65. The van der Waals surface area contributed by atoms with Crippen LogP contribution in [-0.2, 0) is 11.3 Å². The third kappa shape index (κ3) is 3.67. The third-order valence-corrected chi connectivity index (χ3v) is 4.71. The molecule has 1 atom stereocenters. The molecule has 0 spiro atoms. The summed E-state index contributed by atoms with van der Waals surface area (Å²) < 4.78 is 5.22. The van der Waals surface area contributed by atoms with E-state index in [1.807, 2.05) is 49.1 Å². The smallest absolute Gasteiger partial charge is 0.244 e. The van der Waals surface area contributed by atoms with Crippen LogP contribution in [0, 0.1) is 13.8 Å².